The molecule has 0 aliphatic rings. The van der Waals surface area contributed by atoms with Gasteiger partial charge < -0.3 is 5.32 Å². The number of hydrogen-bond acceptors (Lipinski definition) is 3. The molecule has 0 aliphatic carbocycles. The van der Waals surface area contributed by atoms with Crippen LogP contribution in [0.3, 0.4) is 0 Å². The van der Waals surface area contributed by atoms with Crippen molar-refractivity contribution in [1.82, 2.24) is 24.9 Å². The maximum Gasteiger partial charge on any atom is 0.271 e. The Morgan fingerprint density at radius 3 is 2.65 bits per heavy atom. The number of carbonyl (C=O) groups excluding carboxylic acids is 1. The first-order valence-corrected chi connectivity index (χ1v) is 6.80. The molecule has 0 spiro atoms. The molecule has 6 nitrogen and oxygen atoms in total. The maximum absolute atomic E-state index is 11.8. The number of amides is 1. The van der Waals surface area contributed by atoms with Gasteiger partial charge in [-0.3, -0.25) is 9.48 Å². The van der Waals surface area contributed by atoms with Crippen molar-refractivity contribution in [2.45, 2.75) is 40.4 Å². The van der Waals surface area contributed by atoms with Crippen LogP contribution < -0.4 is 5.32 Å². The summed E-state index contributed by atoms with van der Waals surface area (Å²) < 4.78 is 3.42. The average Bonchev–Trinajstić information content (AvgIpc) is 2.91. The molecule has 1 N–H and O–H groups in total. The monoisotopic (exact) mass is 295 g/mol. The fourth-order valence-corrected chi connectivity index (χ4v) is 1.98. The summed E-state index contributed by atoms with van der Waals surface area (Å²) in [6.07, 6.45) is 1.75. The van der Waals surface area contributed by atoms with E-state index in [1.165, 1.54) is 0 Å². The number of carbonyl (C=O) groups is 1. The molecule has 2 rings (SSSR count). The molecule has 0 fully saturated rings. The Morgan fingerprint density at radius 1 is 1.40 bits per heavy atom. The van der Waals surface area contributed by atoms with Gasteiger partial charge in [-0.15, -0.1) is 0 Å². The zero-order valence-electron chi connectivity index (χ0n) is 12.0. The van der Waals surface area contributed by atoms with Gasteiger partial charge in [0.05, 0.1) is 16.4 Å². The third-order valence-electron chi connectivity index (χ3n) is 2.87. The van der Waals surface area contributed by atoms with Gasteiger partial charge >= 0.3 is 0 Å². The van der Waals surface area contributed by atoms with Crippen LogP contribution in [-0.2, 0) is 6.67 Å². The number of aromatic nitrogens is 4. The molecule has 0 aliphatic heterocycles. The van der Waals surface area contributed by atoms with Gasteiger partial charge in [-0.25, -0.2) is 4.68 Å². The van der Waals surface area contributed by atoms with Crippen molar-refractivity contribution in [3.05, 3.63) is 34.4 Å². The Bertz CT molecular complexity index is 629. The smallest absolute Gasteiger partial charge is 0.271 e. The van der Waals surface area contributed by atoms with Crippen molar-refractivity contribution in [1.29, 1.82) is 0 Å². The summed E-state index contributed by atoms with van der Waals surface area (Å²) in [5.41, 5.74) is 2.06. The SMILES string of the molecule is Cc1nn(Cn2ccc(C(=O)NC(C)C)n2)c(C)c1Cl. The van der Waals surface area contributed by atoms with E-state index in [0.29, 0.717) is 17.4 Å². The summed E-state index contributed by atoms with van der Waals surface area (Å²) in [5.74, 6) is -0.176. The summed E-state index contributed by atoms with van der Waals surface area (Å²) in [5, 5.41) is 12.0. The van der Waals surface area contributed by atoms with Crippen molar-refractivity contribution < 1.29 is 4.79 Å². The molecule has 108 valence electrons. The van der Waals surface area contributed by atoms with E-state index in [2.05, 4.69) is 15.5 Å². The van der Waals surface area contributed by atoms with Gasteiger partial charge in [0.2, 0.25) is 0 Å². The van der Waals surface area contributed by atoms with Crippen LogP contribution in [0.5, 0.6) is 0 Å². The van der Waals surface area contributed by atoms with Crippen LogP contribution in [-0.4, -0.2) is 31.5 Å². The molecule has 0 atom stereocenters. The van der Waals surface area contributed by atoms with Crippen LogP contribution in [0.2, 0.25) is 5.02 Å². The van der Waals surface area contributed by atoms with E-state index in [1.807, 2.05) is 27.7 Å². The lowest BCUT2D eigenvalue weighted by Gasteiger charge is -2.06. The Morgan fingerprint density at radius 2 is 2.10 bits per heavy atom. The quantitative estimate of drug-likeness (QED) is 0.938. The lowest BCUT2D eigenvalue weighted by atomic mass is 10.3. The van der Waals surface area contributed by atoms with E-state index < -0.39 is 0 Å². The van der Waals surface area contributed by atoms with Crippen LogP contribution in [0, 0.1) is 13.8 Å². The summed E-state index contributed by atoms with van der Waals surface area (Å²) in [6, 6.07) is 1.77. The molecule has 2 aromatic heterocycles. The summed E-state index contributed by atoms with van der Waals surface area (Å²) in [6.45, 7) is 8.00. The third-order valence-corrected chi connectivity index (χ3v) is 3.41. The third kappa shape index (κ3) is 3.01. The molecule has 1 amide bonds. The fourth-order valence-electron chi connectivity index (χ4n) is 1.85. The predicted molar refractivity (Wildman–Crippen MR) is 76.9 cm³/mol. The van der Waals surface area contributed by atoms with Gasteiger partial charge in [-0.1, -0.05) is 11.6 Å². The van der Waals surface area contributed by atoms with Crippen molar-refractivity contribution in [2.75, 3.05) is 0 Å². The minimum atomic E-state index is -0.176. The van der Waals surface area contributed by atoms with Crippen LogP contribution >= 0.6 is 11.6 Å². The van der Waals surface area contributed by atoms with Crippen molar-refractivity contribution in [2.24, 2.45) is 0 Å². The van der Waals surface area contributed by atoms with Gasteiger partial charge in [0, 0.05) is 12.2 Å². The molecule has 0 aromatic carbocycles. The second kappa shape index (κ2) is 5.66. The molecule has 0 unspecified atom stereocenters. The predicted octanol–water partition coefficient (Wildman–Crippen LogP) is 1.99. The maximum atomic E-state index is 11.8. The van der Waals surface area contributed by atoms with Crippen molar-refractivity contribution in [3.63, 3.8) is 0 Å². The first-order valence-electron chi connectivity index (χ1n) is 6.42. The molecule has 20 heavy (non-hydrogen) atoms. The molecule has 7 heteroatoms. The van der Waals surface area contributed by atoms with Crippen molar-refractivity contribution >= 4 is 17.5 Å². The minimum Gasteiger partial charge on any atom is -0.348 e. The summed E-state index contributed by atoms with van der Waals surface area (Å²) in [7, 11) is 0. The molecule has 2 heterocycles. The zero-order valence-corrected chi connectivity index (χ0v) is 12.8. The van der Waals surface area contributed by atoms with Gasteiger partial charge in [-0.2, -0.15) is 10.2 Å². The highest BCUT2D eigenvalue weighted by molar-refractivity contribution is 6.31. The molecule has 0 bridgehead atoms. The van der Waals surface area contributed by atoms with E-state index in [4.69, 9.17) is 11.6 Å². The Balaban J connectivity index is 2.13. The van der Waals surface area contributed by atoms with E-state index in [9.17, 15) is 4.79 Å². The van der Waals surface area contributed by atoms with Crippen LogP contribution in [0.1, 0.15) is 35.7 Å². The second-order valence-corrected chi connectivity index (χ2v) is 5.37. The average molecular weight is 296 g/mol. The van der Waals surface area contributed by atoms with Crippen LogP contribution in [0.25, 0.3) is 0 Å². The van der Waals surface area contributed by atoms with E-state index in [-0.39, 0.29) is 11.9 Å². The molecule has 0 radical (unpaired) electrons. The van der Waals surface area contributed by atoms with Gasteiger partial charge in [0.15, 0.2) is 0 Å². The first kappa shape index (κ1) is 14.6. The van der Waals surface area contributed by atoms with E-state index in [0.717, 1.165) is 11.4 Å². The van der Waals surface area contributed by atoms with Gasteiger partial charge in [0.1, 0.15) is 12.4 Å². The highest BCUT2D eigenvalue weighted by Gasteiger charge is 2.12. The number of nitrogens with one attached hydrogen (secondary N) is 1. The standard InChI is InChI=1S/C13H18ClN5O/c1-8(2)15-13(20)11-5-6-18(17-11)7-19-10(4)12(14)9(3)16-19/h5-6,8H,7H2,1-4H3,(H,15,20). The zero-order chi connectivity index (χ0) is 14.9. The normalized spacial score (nSPS) is 11.1. The van der Waals surface area contributed by atoms with Crippen LogP contribution in [0.15, 0.2) is 12.3 Å². The Labute approximate surface area is 122 Å². The lowest BCUT2D eigenvalue weighted by molar-refractivity contribution is 0.0937. The summed E-state index contributed by atoms with van der Waals surface area (Å²) in [4.78, 5) is 11.8. The largest absolute Gasteiger partial charge is 0.348 e. The van der Waals surface area contributed by atoms with E-state index in [1.54, 1.807) is 21.6 Å². The van der Waals surface area contributed by atoms with E-state index >= 15 is 0 Å². The van der Waals surface area contributed by atoms with Gasteiger partial charge in [0.25, 0.3) is 5.91 Å². The number of aryl methyl sites for hydroxylation is 1. The highest BCUT2D eigenvalue weighted by atomic mass is 35.5. The minimum absolute atomic E-state index is 0.0856. The number of halogens is 1. The molecule has 2 aromatic rings. The molecular formula is C13H18ClN5O. The first-order chi connectivity index (χ1) is 9.38. The fraction of sp³-hybridized carbons (Fsp3) is 0.462. The van der Waals surface area contributed by atoms with Crippen LogP contribution in [0.4, 0.5) is 0 Å². The Hall–Kier alpha value is -1.82. The number of hydrogen-bond donors (Lipinski definition) is 1. The number of nitrogens with zero attached hydrogens (tertiary/aromatic N) is 4. The Kier molecular flexibility index (Phi) is 4.13. The topological polar surface area (TPSA) is 64.7 Å². The molecule has 0 saturated carbocycles. The highest BCUT2D eigenvalue weighted by Crippen LogP contribution is 2.18. The molecular weight excluding hydrogens is 278 g/mol. The van der Waals surface area contributed by atoms with Gasteiger partial charge in [-0.05, 0) is 33.8 Å². The number of rotatable bonds is 4. The van der Waals surface area contributed by atoms with Crippen molar-refractivity contribution in [3.8, 4) is 0 Å². The molecule has 0 saturated heterocycles. The lowest BCUT2D eigenvalue weighted by Crippen LogP contribution is -2.30. The summed E-state index contributed by atoms with van der Waals surface area (Å²) >= 11 is 6.10. The second-order valence-electron chi connectivity index (χ2n) is 4.99.